The Balaban J connectivity index is 2.14. The second-order valence-corrected chi connectivity index (χ2v) is 4.79. The highest BCUT2D eigenvalue weighted by atomic mass is 16.2. The van der Waals surface area contributed by atoms with Gasteiger partial charge < -0.3 is 10.6 Å². The zero-order valence-corrected chi connectivity index (χ0v) is 10.8. The summed E-state index contributed by atoms with van der Waals surface area (Å²) in [5.74, 6) is 0.367. The van der Waals surface area contributed by atoms with Gasteiger partial charge in [-0.1, -0.05) is 12.8 Å². The fourth-order valence-corrected chi connectivity index (χ4v) is 2.85. The summed E-state index contributed by atoms with van der Waals surface area (Å²) in [6, 6.07) is 0.248. The molecule has 100 valence electrons. The van der Waals surface area contributed by atoms with Crippen molar-refractivity contribution in [3.05, 3.63) is 11.9 Å². The molecule has 1 aliphatic rings. The van der Waals surface area contributed by atoms with Gasteiger partial charge in [0, 0.05) is 12.6 Å². The van der Waals surface area contributed by atoms with Crippen LogP contribution in [0.2, 0.25) is 0 Å². The predicted molar refractivity (Wildman–Crippen MR) is 67.9 cm³/mol. The number of carbonyl (C=O) groups is 1. The van der Waals surface area contributed by atoms with Crippen molar-refractivity contribution in [2.24, 2.45) is 11.7 Å². The molecule has 2 atom stereocenters. The molecule has 1 heterocycles. The largest absolute Gasteiger partial charge is 0.334 e. The van der Waals surface area contributed by atoms with E-state index in [0.717, 1.165) is 12.8 Å². The number of aromatic amines is 1. The number of carbonyl (C=O) groups excluding carboxylic acids is 1. The van der Waals surface area contributed by atoms with E-state index in [0.29, 0.717) is 24.7 Å². The molecule has 2 unspecified atom stereocenters. The highest BCUT2D eigenvalue weighted by Gasteiger charge is 2.32. The van der Waals surface area contributed by atoms with Gasteiger partial charge in [-0.3, -0.25) is 4.79 Å². The minimum Gasteiger partial charge on any atom is -0.334 e. The van der Waals surface area contributed by atoms with Crippen molar-refractivity contribution in [2.75, 3.05) is 13.1 Å². The van der Waals surface area contributed by atoms with Gasteiger partial charge in [0.1, 0.15) is 0 Å². The third-order valence-corrected chi connectivity index (χ3v) is 3.81. The van der Waals surface area contributed by atoms with Crippen molar-refractivity contribution in [1.82, 2.24) is 20.3 Å². The quantitative estimate of drug-likeness (QED) is 0.828. The number of hydrogen-bond donors (Lipinski definition) is 2. The summed E-state index contributed by atoms with van der Waals surface area (Å²) in [6.45, 7) is 3.33. The molecule has 18 heavy (non-hydrogen) atoms. The average molecular weight is 251 g/mol. The van der Waals surface area contributed by atoms with E-state index in [1.807, 2.05) is 11.8 Å². The molecular formula is C12H21N5O. The van der Waals surface area contributed by atoms with Gasteiger partial charge >= 0.3 is 0 Å². The fraction of sp³-hybridized carbons (Fsp3) is 0.750. The van der Waals surface area contributed by atoms with Crippen molar-refractivity contribution in [3.8, 4) is 0 Å². The Morgan fingerprint density at radius 2 is 2.33 bits per heavy atom. The first-order valence-corrected chi connectivity index (χ1v) is 6.64. The number of H-pyrrole nitrogens is 1. The van der Waals surface area contributed by atoms with E-state index in [4.69, 9.17) is 5.73 Å². The van der Waals surface area contributed by atoms with Crippen LogP contribution in [0.1, 0.15) is 43.1 Å². The third kappa shape index (κ3) is 2.53. The van der Waals surface area contributed by atoms with E-state index in [1.54, 1.807) is 0 Å². The minimum absolute atomic E-state index is 0.0448. The molecule has 0 aliphatic heterocycles. The van der Waals surface area contributed by atoms with Gasteiger partial charge in [0.05, 0.1) is 6.20 Å². The molecular weight excluding hydrogens is 230 g/mol. The molecule has 1 saturated carbocycles. The number of nitrogens with one attached hydrogen (secondary N) is 1. The maximum atomic E-state index is 12.4. The van der Waals surface area contributed by atoms with Crippen LogP contribution in [0.25, 0.3) is 0 Å². The number of rotatable bonds is 4. The van der Waals surface area contributed by atoms with Crippen LogP contribution in [0.4, 0.5) is 0 Å². The first-order chi connectivity index (χ1) is 8.77. The lowest BCUT2D eigenvalue weighted by Gasteiger charge is -2.38. The summed E-state index contributed by atoms with van der Waals surface area (Å²) in [6.07, 6.45) is 6.02. The maximum Gasteiger partial charge on any atom is 0.276 e. The molecule has 1 aromatic rings. The lowest BCUT2D eigenvalue weighted by atomic mass is 9.83. The summed E-state index contributed by atoms with van der Waals surface area (Å²) in [4.78, 5) is 14.3. The topological polar surface area (TPSA) is 87.9 Å². The smallest absolute Gasteiger partial charge is 0.276 e. The number of hydrogen-bond acceptors (Lipinski definition) is 4. The number of nitrogens with zero attached hydrogens (tertiary/aromatic N) is 3. The second-order valence-electron chi connectivity index (χ2n) is 4.79. The van der Waals surface area contributed by atoms with Gasteiger partial charge in [-0.25, -0.2) is 0 Å². The lowest BCUT2D eigenvalue weighted by molar-refractivity contribution is 0.0554. The van der Waals surface area contributed by atoms with Crippen molar-refractivity contribution in [1.29, 1.82) is 0 Å². The van der Waals surface area contributed by atoms with Crippen molar-refractivity contribution in [3.63, 3.8) is 0 Å². The second kappa shape index (κ2) is 5.95. The van der Waals surface area contributed by atoms with E-state index < -0.39 is 0 Å². The van der Waals surface area contributed by atoms with Crippen molar-refractivity contribution < 1.29 is 4.79 Å². The first-order valence-electron chi connectivity index (χ1n) is 6.64. The Labute approximate surface area is 107 Å². The fourth-order valence-electron chi connectivity index (χ4n) is 2.85. The molecule has 6 nitrogen and oxygen atoms in total. The number of aromatic nitrogens is 3. The lowest BCUT2D eigenvalue weighted by Crippen LogP contribution is -2.48. The van der Waals surface area contributed by atoms with Gasteiger partial charge in [0.15, 0.2) is 5.69 Å². The van der Waals surface area contributed by atoms with E-state index in [9.17, 15) is 4.79 Å². The zero-order chi connectivity index (χ0) is 13.0. The monoisotopic (exact) mass is 251 g/mol. The minimum atomic E-state index is -0.0448. The van der Waals surface area contributed by atoms with Crippen LogP contribution in [-0.2, 0) is 0 Å². The van der Waals surface area contributed by atoms with Gasteiger partial charge in [-0.05, 0) is 32.2 Å². The van der Waals surface area contributed by atoms with E-state index in [1.165, 1.54) is 19.0 Å². The summed E-state index contributed by atoms with van der Waals surface area (Å²) < 4.78 is 0. The molecule has 0 spiro atoms. The normalized spacial score (nSPS) is 23.9. The Hall–Kier alpha value is -1.43. The summed E-state index contributed by atoms with van der Waals surface area (Å²) in [5.41, 5.74) is 6.22. The van der Waals surface area contributed by atoms with Crippen molar-refractivity contribution >= 4 is 5.91 Å². The van der Waals surface area contributed by atoms with Gasteiger partial charge in [-0.2, -0.15) is 15.4 Å². The van der Waals surface area contributed by atoms with Crippen LogP contribution in [0.3, 0.4) is 0 Å². The van der Waals surface area contributed by atoms with Crippen LogP contribution in [0, 0.1) is 5.92 Å². The predicted octanol–water partition coefficient (Wildman–Crippen LogP) is 0.784. The molecule has 0 saturated heterocycles. The van der Waals surface area contributed by atoms with Gasteiger partial charge in [0.2, 0.25) is 0 Å². The summed E-state index contributed by atoms with van der Waals surface area (Å²) in [7, 11) is 0. The Bertz CT molecular complexity index is 378. The number of amides is 1. The molecule has 1 fully saturated rings. The van der Waals surface area contributed by atoms with Gasteiger partial charge in [-0.15, -0.1) is 0 Å². The molecule has 1 amide bonds. The molecule has 6 heteroatoms. The zero-order valence-electron chi connectivity index (χ0n) is 10.8. The summed E-state index contributed by atoms with van der Waals surface area (Å²) >= 11 is 0. The molecule has 0 bridgehead atoms. The third-order valence-electron chi connectivity index (χ3n) is 3.81. The highest BCUT2D eigenvalue weighted by molar-refractivity contribution is 5.92. The van der Waals surface area contributed by atoms with Crippen molar-refractivity contribution in [2.45, 2.75) is 38.6 Å². The van der Waals surface area contributed by atoms with E-state index in [2.05, 4.69) is 15.4 Å². The molecule has 1 aliphatic carbocycles. The van der Waals surface area contributed by atoms with Crippen LogP contribution < -0.4 is 5.73 Å². The van der Waals surface area contributed by atoms with E-state index in [-0.39, 0.29) is 11.9 Å². The molecule has 0 radical (unpaired) electrons. The SMILES string of the molecule is CCN(C(=O)c1cn[nH]n1)C1CCCCC1CN. The molecule has 2 rings (SSSR count). The first kappa shape index (κ1) is 13.0. The molecule has 3 N–H and O–H groups in total. The molecule has 1 aromatic heterocycles. The van der Waals surface area contributed by atoms with Gasteiger partial charge in [0.25, 0.3) is 5.91 Å². The number of nitrogens with two attached hydrogens (primary N) is 1. The maximum absolute atomic E-state index is 12.4. The summed E-state index contributed by atoms with van der Waals surface area (Å²) in [5, 5.41) is 10.1. The van der Waals surface area contributed by atoms with Crippen LogP contribution >= 0.6 is 0 Å². The average Bonchev–Trinajstić information content (AvgIpc) is 2.94. The standard InChI is InChI=1S/C12H21N5O/c1-2-17(12(18)10-8-14-16-15-10)11-6-4-3-5-9(11)7-13/h8-9,11H,2-7,13H2,1H3,(H,14,15,16). The highest BCUT2D eigenvalue weighted by Crippen LogP contribution is 2.28. The van der Waals surface area contributed by atoms with E-state index >= 15 is 0 Å². The van der Waals surface area contributed by atoms with Crippen LogP contribution in [0.5, 0.6) is 0 Å². The van der Waals surface area contributed by atoms with Crippen LogP contribution in [0.15, 0.2) is 6.20 Å². The Kier molecular flexibility index (Phi) is 4.30. The van der Waals surface area contributed by atoms with Crippen LogP contribution in [-0.4, -0.2) is 45.3 Å². The Morgan fingerprint density at radius 3 is 2.94 bits per heavy atom. The molecule has 0 aromatic carbocycles. The Morgan fingerprint density at radius 1 is 1.56 bits per heavy atom.